The molecule has 1 aromatic carbocycles. The molecule has 4 rings (SSSR count). The number of fused-ring (bicyclic) bond motifs is 1. The molecular weight excluding hydrogens is 399 g/mol. The van der Waals surface area contributed by atoms with Crippen molar-refractivity contribution in [2.24, 2.45) is 7.05 Å². The molecular formula is C19H26Cl2N6O. The van der Waals surface area contributed by atoms with E-state index >= 15 is 0 Å². The van der Waals surface area contributed by atoms with Gasteiger partial charge < -0.3 is 15.2 Å². The predicted molar refractivity (Wildman–Crippen MR) is 114 cm³/mol. The molecule has 1 aliphatic rings. The number of halogens is 2. The molecule has 2 atom stereocenters. The molecule has 2 unspecified atom stereocenters. The third-order valence-corrected chi connectivity index (χ3v) is 5.04. The molecule has 0 aliphatic carbocycles. The molecule has 1 saturated heterocycles. The summed E-state index contributed by atoms with van der Waals surface area (Å²) in [5.74, 6) is 0.655. The van der Waals surface area contributed by atoms with Gasteiger partial charge >= 0.3 is 0 Å². The van der Waals surface area contributed by atoms with Crippen LogP contribution in [0.5, 0.6) is 0 Å². The Morgan fingerprint density at radius 3 is 2.79 bits per heavy atom. The number of hydrogen-bond acceptors (Lipinski definition) is 4. The second-order valence-electron chi connectivity index (χ2n) is 6.89. The SMILES string of the molecule is CC(NC(=O)c1ccn(C2CCCNC2)n1)c1nc2ccccc2n1C.Cl.Cl. The molecule has 0 bridgehead atoms. The molecule has 3 heterocycles. The van der Waals surface area contributed by atoms with Crippen LogP contribution in [0.3, 0.4) is 0 Å². The number of rotatable bonds is 4. The van der Waals surface area contributed by atoms with Crippen LogP contribution in [0.25, 0.3) is 11.0 Å². The number of nitrogens with zero attached hydrogens (tertiary/aromatic N) is 4. The van der Waals surface area contributed by atoms with Gasteiger partial charge in [-0.1, -0.05) is 12.1 Å². The third kappa shape index (κ3) is 4.32. The summed E-state index contributed by atoms with van der Waals surface area (Å²) in [7, 11) is 1.97. The van der Waals surface area contributed by atoms with Crippen molar-refractivity contribution in [2.75, 3.05) is 13.1 Å². The largest absolute Gasteiger partial charge is 0.341 e. The highest BCUT2D eigenvalue weighted by atomic mass is 35.5. The number of aryl methyl sites for hydroxylation is 1. The summed E-state index contributed by atoms with van der Waals surface area (Å²) < 4.78 is 3.92. The minimum Gasteiger partial charge on any atom is -0.341 e. The highest BCUT2D eigenvalue weighted by Crippen LogP contribution is 2.20. The molecule has 2 N–H and O–H groups in total. The number of carbonyl (C=O) groups is 1. The normalized spacial score (nSPS) is 17.4. The average Bonchev–Trinajstić information content (AvgIpc) is 3.28. The van der Waals surface area contributed by atoms with Gasteiger partial charge in [0.25, 0.3) is 5.91 Å². The van der Waals surface area contributed by atoms with Crippen molar-refractivity contribution in [3.8, 4) is 0 Å². The van der Waals surface area contributed by atoms with Gasteiger partial charge in [-0.25, -0.2) is 4.98 Å². The smallest absolute Gasteiger partial charge is 0.272 e. The Balaban J connectivity index is 0.00000140. The predicted octanol–water partition coefficient (Wildman–Crippen LogP) is 3.03. The summed E-state index contributed by atoms with van der Waals surface area (Å²) in [4.78, 5) is 17.3. The summed E-state index contributed by atoms with van der Waals surface area (Å²) in [5, 5.41) is 10.9. The summed E-state index contributed by atoms with van der Waals surface area (Å²) in [6, 6.07) is 9.86. The van der Waals surface area contributed by atoms with Crippen LogP contribution in [-0.4, -0.2) is 38.3 Å². The Bertz CT molecular complexity index is 932. The van der Waals surface area contributed by atoms with Gasteiger partial charge in [0.05, 0.1) is 23.1 Å². The van der Waals surface area contributed by atoms with Crippen LogP contribution in [0.4, 0.5) is 0 Å². The average molecular weight is 425 g/mol. The highest BCUT2D eigenvalue weighted by molar-refractivity contribution is 5.92. The number of amides is 1. The van der Waals surface area contributed by atoms with Crippen molar-refractivity contribution in [3.63, 3.8) is 0 Å². The van der Waals surface area contributed by atoms with Crippen molar-refractivity contribution in [1.29, 1.82) is 0 Å². The van der Waals surface area contributed by atoms with Crippen molar-refractivity contribution < 1.29 is 4.79 Å². The van der Waals surface area contributed by atoms with E-state index < -0.39 is 0 Å². The van der Waals surface area contributed by atoms with E-state index in [1.807, 2.05) is 53.7 Å². The number of carbonyl (C=O) groups excluding carboxylic acids is 1. The fourth-order valence-corrected chi connectivity index (χ4v) is 3.61. The molecule has 152 valence electrons. The van der Waals surface area contributed by atoms with Crippen molar-refractivity contribution in [1.82, 2.24) is 30.0 Å². The molecule has 28 heavy (non-hydrogen) atoms. The Labute approximate surface area is 176 Å². The van der Waals surface area contributed by atoms with E-state index in [-0.39, 0.29) is 36.8 Å². The highest BCUT2D eigenvalue weighted by Gasteiger charge is 2.20. The standard InChI is InChI=1S/C19H24N6O.2ClH/c1-13(18-22-15-7-3-4-8-17(15)24(18)2)21-19(26)16-9-11-25(23-16)14-6-5-10-20-12-14;;/h3-4,7-9,11,13-14,20H,5-6,10,12H2,1-2H3,(H,21,26);2*1H. The van der Waals surface area contributed by atoms with Crippen LogP contribution < -0.4 is 10.6 Å². The number of para-hydroxylation sites is 2. The van der Waals surface area contributed by atoms with Gasteiger partial charge in [-0.15, -0.1) is 24.8 Å². The van der Waals surface area contributed by atoms with Gasteiger partial charge in [0, 0.05) is 19.8 Å². The zero-order valence-corrected chi connectivity index (χ0v) is 17.6. The molecule has 1 amide bonds. The third-order valence-electron chi connectivity index (χ3n) is 5.04. The fraction of sp³-hybridized carbons (Fsp3) is 0.421. The Morgan fingerprint density at radius 1 is 1.29 bits per heavy atom. The number of benzene rings is 1. The summed E-state index contributed by atoms with van der Waals surface area (Å²) in [6.07, 6.45) is 4.12. The molecule has 1 aliphatic heterocycles. The summed E-state index contributed by atoms with van der Waals surface area (Å²) in [6.45, 7) is 3.90. The Kier molecular flexibility index (Phi) is 7.46. The second-order valence-corrected chi connectivity index (χ2v) is 6.89. The van der Waals surface area contributed by atoms with Crippen LogP contribution >= 0.6 is 24.8 Å². The van der Waals surface area contributed by atoms with E-state index in [0.717, 1.165) is 42.8 Å². The Morgan fingerprint density at radius 2 is 2.07 bits per heavy atom. The van der Waals surface area contributed by atoms with E-state index in [2.05, 4.69) is 20.7 Å². The van der Waals surface area contributed by atoms with Crippen LogP contribution in [0, 0.1) is 0 Å². The molecule has 3 aromatic rings. The van der Waals surface area contributed by atoms with Crippen molar-refractivity contribution in [3.05, 3.63) is 48.0 Å². The quantitative estimate of drug-likeness (QED) is 0.674. The Hall–Kier alpha value is -2.09. The number of piperidine rings is 1. The van der Waals surface area contributed by atoms with Gasteiger partial charge in [0.1, 0.15) is 11.5 Å². The maximum atomic E-state index is 12.6. The lowest BCUT2D eigenvalue weighted by Crippen LogP contribution is -2.32. The van der Waals surface area contributed by atoms with E-state index in [0.29, 0.717) is 11.7 Å². The first-order valence-corrected chi connectivity index (χ1v) is 9.11. The first-order chi connectivity index (χ1) is 12.6. The lowest BCUT2D eigenvalue weighted by Gasteiger charge is -2.22. The summed E-state index contributed by atoms with van der Waals surface area (Å²) in [5.41, 5.74) is 2.43. The van der Waals surface area contributed by atoms with Gasteiger partial charge in [-0.2, -0.15) is 5.10 Å². The second kappa shape index (κ2) is 9.41. The fourth-order valence-electron chi connectivity index (χ4n) is 3.61. The minimum atomic E-state index is -0.207. The van der Waals surface area contributed by atoms with E-state index in [1.165, 1.54) is 0 Å². The molecule has 0 saturated carbocycles. The zero-order valence-electron chi connectivity index (χ0n) is 16.0. The number of hydrogen-bond donors (Lipinski definition) is 2. The van der Waals surface area contributed by atoms with Gasteiger partial charge in [0.2, 0.25) is 0 Å². The van der Waals surface area contributed by atoms with Crippen LogP contribution in [0.15, 0.2) is 36.5 Å². The topological polar surface area (TPSA) is 76.8 Å². The van der Waals surface area contributed by atoms with Crippen LogP contribution in [0.1, 0.15) is 48.2 Å². The van der Waals surface area contributed by atoms with Crippen molar-refractivity contribution in [2.45, 2.75) is 31.8 Å². The summed E-state index contributed by atoms with van der Waals surface area (Å²) >= 11 is 0. The number of aromatic nitrogens is 4. The minimum absolute atomic E-state index is 0. The number of imidazole rings is 1. The molecule has 7 nitrogen and oxygen atoms in total. The van der Waals surface area contributed by atoms with E-state index in [1.54, 1.807) is 6.07 Å². The van der Waals surface area contributed by atoms with Gasteiger partial charge in [-0.05, 0) is 44.5 Å². The lowest BCUT2D eigenvalue weighted by molar-refractivity contribution is 0.0931. The van der Waals surface area contributed by atoms with E-state index in [4.69, 9.17) is 0 Å². The van der Waals surface area contributed by atoms with Gasteiger partial charge in [-0.3, -0.25) is 9.48 Å². The first-order valence-electron chi connectivity index (χ1n) is 9.11. The molecule has 2 aromatic heterocycles. The lowest BCUT2D eigenvalue weighted by atomic mass is 10.1. The maximum Gasteiger partial charge on any atom is 0.272 e. The van der Waals surface area contributed by atoms with Crippen LogP contribution in [-0.2, 0) is 7.05 Å². The number of nitrogens with one attached hydrogen (secondary N) is 2. The molecule has 0 spiro atoms. The van der Waals surface area contributed by atoms with Crippen LogP contribution in [0.2, 0.25) is 0 Å². The maximum absolute atomic E-state index is 12.6. The monoisotopic (exact) mass is 424 g/mol. The zero-order chi connectivity index (χ0) is 18.1. The first kappa shape index (κ1) is 22.2. The molecule has 9 heteroatoms. The van der Waals surface area contributed by atoms with Crippen molar-refractivity contribution >= 4 is 41.8 Å². The van der Waals surface area contributed by atoms with E-state index in [9.17, 15) is 4.79 Å². The van der Waals surface area contributed by atoms with Gasteiger partial charge in [0.15, 0.2) is 0 Å². The molecule has 1 fully saturated rings. The molecule has 0 radical (unpaired) electrons.